The van der Waals surface area contributed by atoms with Crippen molar-refractivity contribution < 1.29 is 0 Å². The summed E-state index contributed by atoms with van der Waals surface area (Å²) < 4.78 is 0. The quantitative estimate of drug-likeness (QED) is 0.764. The molecule has 0 unspecified atom stereocenters. The van der Waals surface area contributed by atoms with Crippen LogP contribution in [0.25, 0.3) is 11.3 Å². The van der Waals surface area contributed by atoms with Crippen molar-refractivity contribution >= 4 is 5.69 Å². The van der Waals surface area contributed by atoms with Crippen LogP contribution in [0.2, 0.25) is 0 Å². The van der Waals surface area contributed by atoms with E-state index in [0.717, 1.165) is 18.7 Å². The molecule has 3 heteroatoms. The molecule has 1 aliphatic rings. The largest absolute Gasteiger partial charge is 0.382 e. The van der Waals surface area contributed by atoms with Gasteiger partial charge in [0, 0.05) is 12.1 Å². The van der Waals surface area contributed by atoms with Crippen molar-refractivity contribution in [3.05, 3.63) is 35.5 Å². The van der Waals surface area contributed by atoms with Crippen molar-refractivity contribution in [2.24, 2.45) is 0 Å². The van der Waals surface area contributed by atoms with Gasteiger partial charge in [0.15, 0.2) is 0 Å². The highest BCUT2D eigenvalue weighted by atomic mass is 15.2. The van der Waals surface area contributed by atoms with Gasteiger partial charge >= 0.3 is 0 Å². The second-order valence-corrected chi connectivity index (χ2v) is 4.27. The molecule has 2 heterocycles. The number of aryl methyl sites for hydroxylation is 2. The molecule has 82 valence electrons. The maximum absolute atomic E-state index is 4.44. The average molecular weight is 213 g/mol. The maximum atomic E-state index is 4.44. The number of nitrogens with one attached hydrogen (secondary N) is 2. The van der Waals surface area contributed by atoms with Crippen molar-refractivity contribution in [1.29, 1.82) is 0 Å². The van der Waals surface area contributed by atoms with Gasteiger partial charge in [0.25, 0.3) is 0 Å². The lowest BCUT2D eigenvalue weighted by atomic mass is 10.0. The van der Waals surface area contributed by atoms with E-state index in [0.29, 0.717) is 0 Å². The highest BCUT2D eigenvalue weighted by molar-refractivity contribution is 5.78. The number of nitrogens with zero attached hydrogens (tertiary/aromatic N) is 1. The smallest absolute Gasteiger partial charge is 0.116 e. The summed E-state index contributed by atoms with van der Waals surface area (Å²) in [6.07, 6.45) is 2.28. The number of H-pyrrole nitrogens is 1. The Bertz CT molecular complexity index is 514. The van der Waals surface area contributed by atoms with Crippen LogP contribution in [0.4, 0.5) is 5.69 Å². The molecular formula is C13H15N3. The van der Waals surface area contributed by atoms with Gasteiger partial charge in [-0.2, -0.15) is 5.10 Å². The Hall–Kier alpha value is -1.77. The number of fused-ring (bicyclic) bond motifs is 1. The van der Waals surface area contributed by atoms with Gasteiger partial charge in [-0.1, -0.05) is 24.3 Å². The summed E-state index contributed by atoms with van der Waals surface area (Å²) in [5, 5.41) is 11.0. The summed E-state index contributed by atoms with van der Waals surface area (Å²) in [5.41, 5.74) is 5.98. The normalized spacial score (nSPS) is 14.3. The van der Waals surface area contributed by atoms with Crippen LogP contribution in [0, 0.1) is 6.92 Å². The second kappa shape index (κ2) is 3.67. The first-order valence-electron chi connectivity index (χ1n) is 5.73. The molecule has 0 spiro atoms. The molecule has 1 aliphatic heterocycles. The Morgan fingerprint density at radius 3 is 3.00 bits per heavy atom. The van der Waals surface area contributed by atoms with Crippen LogP contribution in [0.5, 0.6) is 0 Å². The zero-order valence-electron chi connectivity index (χ0n) is 9.38. The number of aromatic amines is 1. The van der Waals surface area contributed by atoms with E-state index in [9.17, 15) is 0 Å². The highest BCUT2D eigenvalue weighted by Gasteiger charge is 2.18. The summed E-state index contributed by atoms with van der Waals surface area (Å²) in [7, 11) is 0. The first kappa shape index (κ1) is 9.46. The molecular weight excluding hydrogens is 198 g/mol. The lowest BCUT2D eigenvalue weighted by Gasteiger charge is -2.14. The molecule has 2 N–H and O–H groups in total. The minimum absolute atomic E-state index is 1.05. The van der Waals surface area contributed by atoms with Crippen molar-refractivity contribution in [3.8, 4) is 11.3 Å². The minimum Gasteiger partial charge on any atom is -0.382 e. The molecule has 0 bridgehead atoms. The minimum atomic E-state index is 1.05. The van der Waals surface area contributed by atoms with Gasteiger partial charge in [-0.05, 0) is 25.3 Å². The molecule has 1 aromatic heterocycles. The molecule has 0 atom stereocenters. The Balaban J connectivity index is 2.13. The number of aromatic nitrogens is 2. The van der Waals surface area contributed by atoms with Crippen LogP contribution in [0.15, 0.2) is 24.3 Å². The van der Waals surface area contributed by atoms with E-state index in [-0.39, 0.29) is 0 Å². The zero-order chi connectivity index (χ0) is 11.0. The summed E-state index contributed by atoms with van der Waals surface area (Å²) in [4.78, 5) is 0. The van der Waals surface area contributed by atoms with Crippen molar-refractivity contribution in [2.45, 2.75) is 19.8 Å². The lowest BCUT2D eigenvalue weighted by Crippen LogP contribution is -2.11. The molecule has 0 fully saturated rings. The third-order valence-electron chi connectivity index (χ3n) is 3.15. The molecule has 3 nitrogen and oxygen atoms in total. The number of hydrogen-bond acceptors (Lipinski definition) is 2. The van der Waals surface area contributed by atoms with Crippen LogP contribution in [-0.4, -0.2) is 16.7 Å². The third-order valence-corrected chi connectivity index (χ3v) is 3.15. The Morgan fingerprint density at radius 1 is 1.25 bits per heavy atom. The summed E-state index contributed by atoms with van der Waals surface area (Å²) >= 11 is 0. The van der Waals surface area contributed by atoms with Gasteiger partial charge in [0.2, 0.25) is 0 Å². The van der Waals surface area contributed by atoms with E-state index in [1.54, 1.807) is 0 Å². The predicted octanol–water partition coefficient (Wildman–Crippen LogP) is 2.74. The van der Waals surface area contributed by atoms with Crippen LogP contribution >= 0.6 is 0 Å². The van der Waals surface area contributed by atoms with Gasteiger partial charge in [-0.25, -0.2) is 0 Å². The molecule has 0 amide bonds. The summed E-state index contributed by atoms with van der Waals surface area (Å²) in [5.74, 6) is 0. The first-order chi connectivity index (χ1) is 7.86. The van der Waals surface area contributed by atoms with Crippen LogP contribution < -0.4 is 5.32 Å². The van der Waals surface area contributed by atoms with Gasteiger partial charge in [0.1, 0.15) is 5.69 Å². The predicted molar refractivity (Wildman–Crippen MR) is 65.6 cm³/mol. The SMILES string of the molecule is Cc1ccccc1-c1n[nH]c2c1NCCC2. The van der Waals surface area contributed by atoms with Crippen molar-refractivity contribution in [2.75, 3.05) is 11.9 Å². The number of rotatable bonds is 1. The number of anilines is 1. The van der Waals surface area contributed by atoms with E-state index >= 15 is 0 Å². The fourth-order valence-corrected chi connectivity index (χ4v) is 2.26. The van der Waals surface area contributed by atoms with Crippen molar-refractivity contribution in [3.63, 3.8) is 0 Å². The Labute approximate surface area is 94.9 Å². The Kier molecular flexibility index (Phi) is 2.17. The Morgan fingerprint density at radius 2 is 2.12 bits per heavy atom. The molecule has 0 aliphatic carbocycles. The molecule has 1 aromatic carbocycles. The third kappa shape index (κ3) is 1.40. The van der Waals surface area contributed by atoms with E-state index in [2.05, 4.69) is 46.7 Å². The molecule has 0 saturated carbocycles. The molecule has 2 aromatic rings. The first-order valence-corrected chi connectivity index (χ1v) is 5.73. The molecule has 3 rings (SSSR count). The second-order valence-electron chi connectivity index (χ2n) is 4.27. The van der Waals surface area contributed by atoms with Gasteiger partial charge in [0.05, 0.1) is 11.4 Å². The van der Waals surface area contributed by atoms with E-state index in [1.807, 2.05) is 0 Å². The monoisotopic (exact) mass is 213 g/mol. The topological polar surface area (TPSA) is 40.7 Å². The standard InChI is InChI=1S/C13H15N3/c1-9-5-2-3-6-10(9)12-13-11(15-16-12)7-4-8-14-13/h2-3,5-6,14H,4,7-8H2,1H3,(H,15,16). The van der Waals surface area contributed by atoms with Crippen LogP contribution in [-0.2, 0) is 6.42 Å². The van der Waals surface area contributed by atoms with Crippen LogP contribution in [0.1, 0.15) is 17.7 Å². The summed E-state index contributed by atoms with van der Waals surface area (Å²) in [6.45, 7) is 3.17. The van der Waals surface area contributed by atoms with Crippen LogP contribution in [0.3, 0.4) is 0 Å². The molecule has 0 radical (unpaired) electrons. The summed E-state index contributed by atoms with van der Waals surface area (Å²) in [6, 6.07) is 8.37. The molecule has 0 saturated heterocycles. The van der Waals surface area contributed by atoms with E-state index in [1.165, 1.54) is 28.9 Å². The average Bonchev–Trinajstić information content (AvgIpc) is 2.74. The lowest BCUT2D eigenvalue weighted by molar-refractivity contribution is 0.801. The molecule has 16 heavy (non-hydrogen) atoms. The van der Waals surface area contributed by atoms with Gasteiger partial charge in [-0.3, -0.25) is 5.10 Å². The van der Waals surface area contributed by atoms with E-state index in [4.69, 9.17) is 0 Å². The number of benzene rings is 1. The fourth-order valence-electron chi connectivity index (χ4n) is 2.26. The van der Waals surface area contributed by atoms with Crippen molar-refractivity contribution in [1.82, 2.24) is 10.2 Å². The van der Waals surface area contributed by atoms with Gasteiger partial charge in [-0.15, -0.1) is 0 Å². The zero-order valence-corrected chi connectivity index (χ0v) is 9.38. The fraction of sp³-hybridized carbons (Fsp3) is 0.308. The van der Waals surface area contributed by atoms with Gasteiger partial charge < -0.3 is 5.32 Å². The highest BCUT2D eigenvalue weighted by Crippen LogP contribution is 2.33. The van der Waals surface area contributed by atoms with E-state index < -0.39 is 0 Å². The number of hydrogen-bond donors (Lipinski definition) is 2. The maximum Gasteiger partial charge on any atom is 0.116 e.